The Balaban J connectivity index is 2.14. The van der Waals surface area contributed by atoms with Gasteiger partial charge < -0.3 is 5.11 Å². The van der Waals surface area contributed by atoms with E-state index in [0.717, 1.165) is 5.56 Å². The minimum atomic E-state index is -1.10. The molecule has 0 saturated carbocycles. The second-order valence-corrected chi connectivity index (χ2v) is 7.15. The molecule has 2 N–H and O–H groups in total. The standard InChI is InChI=1S/C17H15N3O3S2/c1-3-6-20-16(22)13(15(21)19-17(20)24)7-10-9-18-14-8-11(25(2)23)4-5-12(10)14/h3-5,7-9,22H,1,6H2,2H3,(H,19,21,24). The van der Waals surface area contributed by atoms with Crippen molar-refractivity contribution in [2.45, 2.75) is 11.4 Å². The molecule has 1 aliphatic rings. The van der Waals surface area contributed by atoms with Crippen molar-refractivity contribution < 1.29 is 9.32 Å². The van der Waals surface area contributed by atoms with Crippen molar-refractivity contribution in [2.75, 3.05) is 6.26 Å². The summed E-state index contributed by atoms with van der Waals surface area (Å²) in [6, 6.07) is 5.30. The minimum absolute atomic E-state index is 0.0906. The Morgan fingerprint density at radius 3 is 2.92 bits per heavy atom. The Morgan fingerprint density at radius 1 is 1.48 bits per heavy atom. The number of aromatic hydroxyl groups is 1. The first-order chi connectivity index (χ1) is 11.9. The molecule has 8 heteroatoms. The number of benzene rings is 1. The summed E-state index contributed by atoms with van der Waals surface area (Å²) < 4.78 is 13.1. The fourth-order valence-electron chi connectivity index (χ4n) is 2.52. The Bertz CT molecular complexity index is 1080. The van der Waals surface area contributed by atoms with Gasteiger partial charge in [0.15, 0.2) is 4.77 Å². The normalized spacial score (nSPS) is 15.3. The predicted molar refractivity (Wildman–Crippen MR) is 103 cm³/mol. The SMILES string of the molecule is C=CCn1c(O)c(C=C2C=Nc3cc(S(C)=O)ccc32)c(=O)[nH]c1=S. The molecule has 1 aromatic heterocycles. The molecule has 0 fully saturated rings. The quantitative estimate of drug-likeness (QED) is 0.637. The number of nitrogens with one attached hydrogen (secondary N) is 1. The Labute approximate surface area is 151 Å². The van der Waals surface area contributed by atoms with Gasteiger partial charge >= 0.3 is 0 Å². The maximum absolute atomic E-state index is 12.2. The van der Waals surface area contributed by atoms with Gasteiger partial charge in [0.25, 0.3) is 5.56 Å². The number of fused-ring (bicyclic) bond motifs is 1. The highest BCUT2D eigenvalue weighted by Gasteiger charge is 2.17. The van der Waals surface area contributed by atoms with Crippen molar-refractivity contribution in [2.24, 2.45) is 4.99 Å². The van der Waals surface area contributed by atoms with Gasteiger partial charge in [-0.25, -0.2) is 0 Å². The van der Waals surface area contributed by atoms with Gasteiger partial charge in [-0.15, -0.1) is 6.58 Å². The van der Waals surface area contributed by atoms with Crippen molar-refractivity contribution in [3.05, 3.63) is 57.1 Å². The lowest BCUT2D eigenvalue weighted by Gasteiger charge is -2.09. The molecule has 1 atom stereocenters. The fourth-order valence-corrected chi connectivity index (χ4v) is 3.31. The van der Waals surface area contributed by atoms with E-state index in [-0.39, 0.29) is 22.8 Å². The molecule has 1 aliphatic heterocycles. The largest absolute Gasteiger partial charge is 0.494 e. The van der Waals surface area contributed by atoms with Crippen molar-refractivity contribution in [3.63, 3.8) is 0 Å². The molecule has 1 aromatic carbocycles. The smallest absolute Gasteiger partial charge is 0.262 e. The van der Waals surface area contributed by atoms with Crippen molar-refractivity contribution in [1.29, 1.82) is 0 Å². The maximum atomic E-state index is 12.2. The van der Waals surface area contributed by atoms with E-state index in [4.69, 9.17) is 12.2 Å². The number of aromatic nitrogens is 2. The van der Waals surface area contributed by atoms with Gasteiger partial charge in [0.2, 0.25) is 5.88 Å². The highest BCUT2D eigenvalue weighted by atomic mass is 32.2. The summed E-state index contributed by atoms with van der Waals surface area (Å²) in [6.07, 6.45) is 6.33. The summed E-state index contributed by atoms with van der Waals surface area (Å²) in [4.78, 5) is 19.7. The zero-order chi connectivity index (χ0) is 18.1. The monoisotopic (exact) mass is 373 g/mol. The summed E-state index contributed by atoms with van der Waals surface area (Å²) in [6.45, 7) is 3.89. The van der Waals surface area contributed by atoms with E-state index in [9.17, 15) is 14.1 Å². The van der Waals surface area contributed by atoms with Crippen LogP contribution in [-0.4, -0.2) is 31.3 Å². The average Bonchev–Trinajstić information content (AvgIpc) is 2.97. The zero-order valence-electron chi connectivity index (χ0n) is 13.4. The summed E-state index contributed by atoms with van der Waals surface area (Å²) >= 11 is 5.06. The van der Waals surface area contributed by atoms with Crippen LogP contribution in [0.2, 0.25) is 0 Å². The second-order valence-electron chi connectivity index (χ2n) is 5.39. The van der Waals surface area contributed by atoms with Gasteiger partial charge in [-0.3, -0.25) is 23.5 Å². The van der Waals surface area contributed by atoms with Crippen LogP contribution < -0.4 is 5.56 Å². The van der Waals surface area contributed by atoms with Crippen molar-refractivity contribution in [1.82, 2.24) is 9.55 Å². The van der Waals surface area contributed by atoms with E-state index in [1.807, 2.05) is 0 Å². The summed E-state index contributed by atoms with van der Waals surface area (Å²) in [5.74, 6) is -0.228. The highest BCUT2D eigenvalue weighted by Crippen LogP contribution is 2.34. The molecule has 2 aromatic rings. The van der Waals surface area contributed by atoms with Crippen LogP contribution in [0.25, 0.3) is 11.6 Å². The highest BCUT2D eigenvalue weighted by molar-refractivity contribution is 7.84. The third kappa shape index (κ3) is 3.18. The van der Waals surface area contributed by atoms with Crippen molar-refractivity contribution in [3.8, 4) is 5.88 Å². The fraction of sp³-hybridized carbons (Fsp3) is 0.118. The summed E-state index contributed by atoms with van der Waals surface area (Å²) in [5, 5.41) is 10.4. The lowest BCUT2D eigenvalue weighted by Crippen LogP contribution is -2.16. The second kappa shape index (κ2) is 6.73. The van der Waals surface area contributed by atoms with E-state index in [0.29, 0.717) is 16.2 Å². The third-order valence-electron chi connectivity index (χ3n) is 3.77. The number of aromatic amines is 1. The minimum Gasteiger partial charge on any atom is -0.494 e. The number of aliphatic imine (C=N–C) groups is 1. The van der Waals surface area contributed by atoms with Crippen LogP contribution in [-0.2, 0) is 17.3 Å². The molecular formula is C17H15N3O3S2. The number of nitrogens with zero attached hydrogens (tertiary/aromatic N) is 2. The van der Waals surface area contributed by atoms with Crippen LogP contribution in [0, 0.1) is 4.77 Å². The Hall–Kier alpha value is -2.58. The lowest BCUT2D eigenvalue weighted by molar-refractivity contribution is 0.413. The van der Waals surface area contributed by atoms with Gasteiger partial charge in [0.05, 0.1) is 5.69 Å². The molecule has 0 saturated heterocycles. The molecule has 6 nitrogen and oxygen atoms in total. The van der Waals surface area contributed by atoms with Gasteiger partial charge in [-0.05, 0) is 30.4 Å². The molecular weight excluding hydrogens is 358 g/mol. The molecule has 0 amide bonds. The zero-order valence-corrected chi connectivity index (χ0v) is 15.0. The van der Waals surface area contributed by atoms with Gasteiger partial charge in [0, 0.05) is 45.8 Å². The molecule has 128 valence electrons. The van der Waals surface area contributed by atoms with Crippen LogP contribution >= 0.6 is 12.2 Å². The number of hydrogen-bond donors (Lipinski definition) is 2. The predicted octanol–water partition coefficient (Wildman–Crippen LogP) is 2.79. The van der Waals surface area contributed by atoms with Crippen LogP contribution in [0.15, 0.2) is 45.5 Å². The number of allylic oxidation sites excluding steroid dienone is 2. The van der Waals surface area contributed by atoms with Crippen molar-refractivity contribution >= 4 is 46.6 Å². The van der Waals surface area contributed by atoms with Crippen LogP contribution in [0.3, 0.4) is 0 Å². The molecule has 2 heterocycles. The van der Waals surface area contributed by atoms with E-state index >= 15 is 0 Å². The molecule has 0 bridgehead atoms. The Morgan fingerprint density at radius 2 is 2.24 bits per heavy atom. The first-order valence-electron chi connectivity index (χ1n) is 7.33. The van der Waals surface area contributed by atoms with E-state index in [1.165, 1.54) is 4.57 Å². The number of hydrogen-bond acceptors (Lipinski definition) is 5. The lowest BCUT2D eigenvalue weighted by atomic mass is 10.1. The van der Waals surface area contributed by atoms with E-state index in [1.54, 1.807) is 42.8 Å². The third-order valence-corrected chi connectivity index (χ3v) is 5.01. The van der Waals surface area contributed by atoms with Crippen LogP contribution in [0.1, 0.15) is 11.1 Å². The van der Waals surface area contributed by atoms with Crippen LogP contribution in [0.5, 0.6) is 5.88 Å². The average molecular weight is 373 g/mol. The first kappa shape index (κ1) is 17.2. The molecule has 1 unspecified atom stereocenters. The summed E-state index contributed by atoms with van der Waals surface area (Å²) in [5.41, 5.74) is 1.75. The Kier molecular flexibility index (Phi) is 4.65. The molecule has 0 radical (unpaired) electrons. The van der Waals surface area contributed by atoms with Gasteiger partial charge in [-0.1, -0.05) is 12.1 Å². The van der Waals surface area contributed by atoms with E-state index < -0.39 is 16.4 Å². The number of rotatable bonds is 4. The van der Waals surface area contributed by atoms with Gasteiger partial charge in [0.1, 0.15) is 5.56 Å². The topological polar surface area (TPSA) is 87.4 Å². The molecule has 3 rings (SSSR count). The number of H-pyrrole nitrogens is 1. The molecule has 0 aliphatic carbocycles. The molecule has 25 heavy (non-hydrogen) atoms. The maximum Gasteiger partial charge on any atom is 0.262 e. The first-order valence-corrected chi connectivity index (χ1v) is 9.29. The van der Waals surface area contributed by atoms with Gasteiger partial charge in [-0.2, -0.15) is 0 Å². The summed E-state index contributed by atoms with van der Waals surface area (Å²) in [7, 11) is -1.10. The molecule has 0 spiro atoms. The van der Waals surface area contributed by atoms with E-state index in [2.05, 4.69) is 16.6 Å². The van der Waals surface area contributed by atoms with Crippen LogP contribution in [0.4, 0.5) is 5.69 Å².